The van der Waals surface area contributed by atoms with E-state index in [1.807, 2.05) is 13.8 Å². The van der Waals surface area contributed by atoms with Gasteiger partial charge in [0.15, 0.2) is 0 Å². The van der Waals surface area contributed by atoms with E-state index >= 15 is 0 Å². The van der Waals surface area contributed by atoms with Crippen LogP contribution in [0.2, 0.25) is 15.8 Å². The number of hydrogen-bond donors (Lipinski definition) is 0. The zero-order chi connectivity index (χ0) is 26.6. The third-order valence-electron chi connectivity index (χ3n) is 8.73. The van der Waals surface area contributed by atoms with Crippen molar-refractivity contribution in [1.82, 2.24) is 0 Å². The topological polar surface area (TPSA) is 0 Å². The van der Waals surface area contributed by atoms with Gasteiger partial charge in [0, 0.05) is 0 Å². The Kier molecular flexibility index (Phi) is 18.2. The highest BCUT2D eigenvalue weighted by Gasteiger charge is 2.23. The molecule has 0 heterocycles. The van der Waals surface area contributed by atoms with Gasteiger partial charge in [0.05, 0.1) is 0 Å². The van der Waals surface area contributed by atoms with Crippen molar-refractivity contribution < 1.29 is 0 Å². The number of allylic oxidation sites excluding steroid dienone is 10. The minimum atomic E-state index is -0.519. The smallest absolute Gasteiger partial charge is 0.103 e. The Morgan fingerprint density at radius 1 is 0.622 bits per heavy atom. The predicted molar refractivity (Wildman–Crippen MR) is 171 cm³/mol. The Morgan fingerprint density at radius 3 is 1.22 bits per heavy atom. The third-order valence-corrected chi connectivity index (χ3v) is 12.2. The van der Waals surface area contributed by atoms with E-state index in [0.29, 0.717) is 0 Å². The molecular formula is C36H59Al. The zero-order valence-corrected chi connectivity index (χ0v) is 25.9. The average molecular weight is 519 g/mol. The molecule has 4 atom stereocenters. The average Bonchev–Trinajstić information content (AvgIpc) is 2.95. The maximum Gasteiger partial charge on any atom is 0.261 e. The summed E-state index contributed by atoms with van der Waals surface area (Å²) < 4.78 is 0. The molecule has 0 fully saturated rings. The summed E-state index contributed by atoms with van der Waals surface area (Å²) in [6.45, 7) is 11.3. The molecule has 0 aromatic rings. The summed E-state index contributed by atoms with van der Waals surface area (Å²) in [5.41, 5.74) is 1.17. The molecule has 0 radical (unpaired) electrons. The van der Waals surface area contributed by atoms with Crippen LogP contribution >= 0.6 is 0 Å². The highest BCUT2D eigenvalue weighted by atomic mass is 27.2. The summed E-state index contributed by atoms with van der Waals surface area (Å²) >= 11 is -0.519. The van der Waals surface area contributed by atoms with Crippen molar-refractivity contribution >= 4 is 14.1 Å². The zero-order valence-electron chi connectivity index (χ0n) is 24.7. The van der Waals surface area contributed by atoms with E-state index in [1.54, 1.807) is 35.1 Å². The fraction of sp³-hybridized carbons (Fsp3) is 0.667. The summed E-state index contributed by atoms with van der Waals surface area (Å²) in [6.07, 6.45) is 42.1. The molecule has 1 heteroatoms. The van der Waals surface area contributed by atoms with E-state index in [1.165, 1.54) is 82.6 Å². The molecule has 0 aromatic carbocycles. The highest BCUT2D eigenvalue weighted by Crippen LogP contribution is 2.31. The summed E-state index contributed by atoms with van der Waals surface area (Å²) in [5.74, 6) is 3.83. The number of hydrogen-bond acceptors (Lipinski definition) is 0. The number of rotatable bonds is 10. The second-order valence-electron chi connectivity index (χ2n) is 12.5. The molecule has 37 heavy (non-hydrogen) atoms. The van der Waals surface area contributed by atoms with E-state index in [-0.39, 0.29) is 0 Å². The minimum Gasteiger partial charge on any atom is -0.103 e. The first-order valence-corrected chi connectivity index (χ1v) is 18.4. The summed E-state index contributed by atoms with van der Waals surface area (Å²) in [7, 11) is 0. The molecule has 0 aromatic heterocycles. The SMILES string of the molecule is C1=CCC(C[CH2][Al]([CH2]CC2CC=CCC2)[CH2]CC2CC=CCC2)CC1.C=C(C)C.C=CC1CC=CCC1. The van der Waals surface area contributed by atoms with Gasteiger partial charge in [-0.3, -0.25) is 0 Å². The van der Waals surface area contributed by atoms with Crippen LogP contribution in [0.5, 0.6) is 0 Å². The van der Waals surface area contributed by atoms with Crippen LogP contribution in [-0.2, 0) is 0 Å². The van der Waals surface area contributed by atoms with Crippen LogP contribution in [0, 0.1) is 23.7 Å². The highest BCUT2D eigenvalue weighted by molar-refractivity contribution is 6.58. The van der Waals surface area contributed by atoms with E-state index in [4.69, 9.17) is 0 Å². The van der Waals surface area contributed by atoms with Crippen molar-refractivity contribution in [2.75, 3.05) is 0 Å². The summed E-state index contributed by atoms with van der Waals surface area (Å²) in [6, 6.07) is 0. The predicted octanol–water partition coefficient (Wildman–Crippen LogP) is 11.8. The molecule has 0 nitrogen and oxygen atoms in total. The van der Waals surface area contributed by atoms with Gasteiger partial charge in [-0.15, -0.1) is 13.2 Å². The van der Waals surface area contributed by atoms with E-state index in [9.17, 15) is 0 Å². The van der Waals surface area contributed by atoms with Crippen molar-refractivity contribution in [3.8, 4) is 0 Å². The van der Waals surface area contributed by atoms with Crippen molar-refractivity contribution in [3.63, 3.8) is 0 Å². The van der Waals surface area contributed by atoms with E-state index in [0.717, 1.165) is 23.7 Å². The molecule has 0 aliphatic heterocycles. The lowest BCUT2D eigenvalue weighted by atomic mass is 9.92. The van der Waals surface area contributed by atoms with Gasteiger partial charge in [0.1, 0.15) is 0 Å². The van der Waals surface area contributed by atoms with Gasteiger partial charge in [-0.1, -0.05) is 95.4 Å². The van der Waals surface area contributed by atoms with Gasteiger partial charge in [-0.2, -0.15) is 0 Å². The van der Waals surface area contributed by atoms with Crippen LogP contribution < -0.4 is 0 Å². The molecule has 0 amide bonds. The van der Waals surface area contributed by atoms with Crippen molar-refractivity contribution in [3.05, 3.63) is 73.4 Å². The van der Waals surface area contributed by atoms with Gasteiger partial charge in [-0.05, 0) is 115 Å². The molecule has 4 aliphatic rings. The van der Waals surface area contributed by atoms with E-state index in [2.05, 4.69) is 67.8 Å². The molecule has 0 spiro atoms. The third kappa shape index (κ3) is 16.5. The van der Waals surface area contributed by atoms with Crippen LogP contribution in [0.15, 0.2) is 73.4 Å². The lowest BCUT2D eigenvalue weighted by molar-refractivity contribution is 0.448. The second kappa shape index (κ2) is 20.9. The molecule has 4 rings (SSSR count). The first-order chi connectivity index (χ1) is 18.1. The van der Waals surface area contributed by atoms with Gasteiger partial charge in [0.2, 0.25) is 0 Å². The molecule has 4 aliphatic carbocycles. The van der Waals surface area contributed by atoms with Gasteiger partial charge < -0.3 is 0 Å². The summed E-state index contributed by atoms with van der Waals surface area (Å²) in [4.78, 5) is 0. The molecule has 0 saturated carbocycles. The molecular weight excluding hydrogens is 459 g/mol. The maximum atomic E-state index is 3.75. The first kappa shape index (κ1) is 32.2. The Morgan fingerprint density at radius 2 is 0.973 bits per heavy atom. The van der Waals surface area contributed by atoms with Gasteiger partial charge in [0.25, 0.3) is 14.1 Å². The summed E-state index contributed by atoms with van der Waals surface area (Å²) in [5, 5.41) is 4.93. The Balaban J connectivity index is 0.000000331. The van der Waals surface area contributed by atoms with Gasteiger partial charge >= 0.3 is 0 Å². The van der Waals surface area contributed by atoms with Gasteiger partial charge in [-0.25, -0.2) is 0 Å². The van der Waals surface area contributed by atoms with Crippen LogP contribution in [0.3, 0.4) is 0 Å². The van der Waals surface area contributed by atoms with Crippen LogP contribution in [0.4, 0.5) is 0 Å². The molecule has 206 valence electrons. The lowest BCUT2D eigenvalue weighted by Gasteiger charge is -2.24. The standard InChI is InChI=1S/3C8H13.C8H12.C4H8.Al/c4*1-2-8-6-4-3-5-7-8;1-4(2)3;/h3*3-4,8H,1-2,5-7H2;2-4,8H,1,5-7H2;1H2,2-3H3;. The molecule has 0 N–H and O–H groups in total. The van der Waals surface area contributed by atoms with Crippen LogP contribution in [-0.4, -0.2) is 14.1 Å². The largest absolute Gasteiger partial charge is 0.261 e. The fourth-order valence-electron chi connectivity index (χ4n) is 6.23. The Bertz CT molecular complexity index is 652. The second-order valence-corrected chi connectivity index (χ2v) is 16.0. The van der Waals surface area contributed by atoms with Crippen LogP contribution in [0.1, 0.15) is 110 Å². The molecule has 0 saturated heterocycles. The van der Waals surface area contributed by atoms with Crippen molar-refractivity contribution in [2.45, 2.75) is 126 Å². The lowest BCUT2D eigenvalue weighted by Crippen LogP contribution is -2.18. The monoisotopic (exact) mass is 518 g/mol. The first-order valence-electron chi connectivity index (χ1n) is 15.9. The fourth-order valence-corrected chi connectivity index (χ4v) is 9.93. The minimum absolute atomic E-state index is 0.519. The molecule has 4 unspecified atom stereocenters. The molecule has 0 bridgehead atoms. The van der Waals surface area contributed by atoms with Crippen LogP contribution in [0.25, 0.3) is 0 Å². The van der Waals surface area contributed by atoms with Crippen molar-refractivity contribution in [2.24, 2.45) is 23.7 Å². The normalized spacial score (nSPS) is 26.3. The Labute approximate surface area is 236 Å². The van der Waals surface area contributed by atoms with E-state index < -0.39 is 14.1 Å². The Hall–Kier alpha value is -1.03. The van der Waals surface area contributed by atoms with Crippen molar-refractivity contribution in [1.29, 1.82) is 0 Å². The quantitative estimate of drug-likeness (QED) is 0.199. The maximum absolute atomic E-state index is 3.75.